The zero-order valence-electron chi connectivity index (χ0n) is 16.3. The molecule has 7 heteroatoms. The van der Waals surface area contributed by atoms with E-state index in [9.17, 15) is 14.4 Å². The highest BCUT2D eigenvalue weighted by molar-refractivity contribution is 7.99. The molecule has 0 bridgehead atoms. The van der Waals surface area contributed by atoms with Gasteiger partial charge in [0.1, 0.15) is 5.54 Å². The Morgan fingerprint density at radius 3 is 2.48 bits per heavy atom. The number of rotatable bonds is 5. The van der Waals surface area contributed by atoms with E-state index in [1.54, 1.807) is 18.7 Å². The summed E-state index contributed by atoms with van der Waals surface area (Å²) in [5, 5.41) is 3.76. The van der Waals surface area contributed by atoms with E-state index < -0.39 is 29.4 Å². The fraction of sp³-hybridized carbons (Fsp3) is 0.550. The van der Waals surface area contributed by atoms with Gasteiger partial charge in [0.25, 0.3) is 0 Å². The van der Waals surface area contributed by atoms with Gasteiger partial charge in [0.15, 0.2) is 0 Å². The third-order valence-electron chi connectivity index (χ3n) is 5.77. The zero-order valence-corrected chi connectivity index (χ0v) is 17.1. The normalized spacial score (nSPS) is 31.1. The second kappa shape index (κ2) is 7.28. The third kappa shape index (κ3) is 3.17. The van der Waals surface area contributed by atoms with Crippen LogP contribution in [0.2, 0.25) is 0 Å². The average molecular weight is 391 g/mol. The van der Waals surface area contributed by atoms with Crippen LogP contribution in [-0.4, -0.2) is 47.6 Å². The van der Waals surface area contributed by atoms with Gasteiger partial charge in [0.2, 0.25) is 11.8 Å². The maximum absolute atomic E-state index is 12.7. The van der Waals surface area contributed by atoms with Crippen molar-refractivity contribution in [2.75, 3.05) is 14.2 Å². The van der Waals surface area contributed by atoms with Crippen molar-refractivity contribution in [1.29, 1.82) is 0 Å². The first-order valence-corrected chi connectivity index (χ1v) is 10.1. The highest BCUT2D eigenvalue weighted by atomic mass is 32.2. The lowest BCUT2D eigenvalue weighted by Crippen LogP contribution is -2.53. The molecule has 2 aliphatic heterocycles. The molecule has 0 saturated carbocycles. The van der Waals surface area contributed by atoms with Crippen molar-refractivity contribution >= 4 is 29.5 Å². The molecule has 3 rings (SSSR count). The molecule has 0 aromatic heterocycles. The van der Waals surface area contributed by atoms with Crippen molar-refractivity contribution in [3.8, 4) is 0 Å². The number of nitrogens with one attached hydrogen (secondary N) is 1. The molecule has 27 heavy (non-hydrogen) atoms. The number of hydrogen-bond acceptors (Lipinski definition) is 6. The lowest BCUT2D eigenvalue weighted by Gasteiger charge is -2.27. The molecule has 1 N–H and O–H groups in total. The van der Waals surface area contributed by atoms with Gasteiger partial charge in [-0.1, -0.05) is 26.0 Å². The average Bonchev–Trinajstić information content (AvgIpc) is 3.11. The molecular formula is C20H26N2O4S. The van der Waals surface area contributed by atoms with Gasteiger partial charge in [-0.3, -0.25) is 24.6 Å². The number of methoxy groups -OCH3 is 1. The summed E-state index contributed by atoms with van der Waals surface area (Å²) >= 11 is 1.80. The van der Waals surface area contributed by atoms with Crippen LogP contribution in [0.4, 0.5) is 0 Å². The van der Waals surface area contributed by atoms with Crippen molar-refractivity contribution in [3.63, 3.8) is 0 Å². The van der Waals surface area contributed by atoms with Gasteiger partial charge in [0.05, 0.1) is 18.9 Å². The van der Waals surface area contributed by atoms with Gasteiger partial charge in [0, 0.05) is 23.2 Å². The van der Waals surface area contributed by atoms with Crippen LogP contribution >= 0.6 is 11.8 Å². The predicted molar refractivity (Wildman–Crippen MR) is 103 cm³/mol. The SMILES string of the molecule is CCC(C)Sc1ccc(C2N[C@@](C)(C(=O)OC)C3C(=O)N(C)C(=O)C23)cc1. The quantitative estimate of drug-likeness (QED) is 0.473. The molecule has 2 saturated heterocycles. The van der Waals surface area contributed by atoms with E-state index in [0.29, 0.717) is 5.25 Å². The van der Waals surface area contributed by atoms with Crippen molar-refractivity contribution in [3.05, 3.63) is 29.8 Å². The Morgan fingerprint density at radius 1 is 1.30 bits per heavy atom. The number of carbonyl (C=O) groups excluding carboxylic acids is 3. The largest absolute Gasteiger partial charge is 0.468 e. The molecule has 146 valence electrons. The summed E-state index contributed by atoms with van der Waals surface area (Å²) in [7, 11) is 2.77. The Morgan fingerprint density at radius 2 is 1.93 bits per heavy atom. The van der Waals surface area contributed by atoms with Gasteiger partial charge in [-0.2, -0.15) is 0 Å². The molecule has 1 aromatic rings. The monoisotopic (exact) mass is 390 g/mol. The van der Waals surface area contributed by atoms with E-state index in [2.05, 4.69) is 19.2 Å². The fourth-order valence-corrected chi connectivity index (χ4v) is 4.96. The van der Waals surface area contributed by atoms with Gasteiger partial charge < -0.3 is 4.74 Å². The van der Waals surface area contributed by atoms with Crippen LogP contribution in [0.1, 0.15) is 38.8 Å². The minimum absolute atomic E-state index is 0.256. The number of amides is 2. The van der Waals surface area contributed by atoms with Crippen LogP contribution in [0.5, 0.6) is 0 Å². The van der Waals surface area contributed by atoms with Crippen LogP contribution in [0, 0.1) is 11.8 Å². The standard InChI is InChI=1S/C20H26N2O4S/c1-6-11(2)27-13-9-7-12(8-10-13)16-14-15(18(24)22(4)17(14)23)20(3,21-16)19(25)26-5/h7-11,14-16,21H,6H2,1-5H3/t11?,14?,15?,16?,20-/m1/s1. The third-order valence-corrected chi connectivity index (χ3v) is 7.05. The minimum Gasteiger partial charge on any atom is -0.468 e. The Balaban J connectivity index is 1.95. The summed E-state index contributed by atoms with van der Waals surface area (Å²) in [4.78, 5) is 40.2. The summed E-state index contributed by atoms with van der Waals surface area (Å²) in [5.41, 5.74) is -0.339. The van der Waals surface area contributed by atoms with Gasteiger partial charge in [-0.05, 0) is 31.0 Å². The van der Waals surface area contributed by atoms with Crippen LogP contribution in [-0.2, 0) is 19.1 Å². The summed E-state index contributed by atoms with van der Waals surface area (Å²) in [6.45, 7) is 5.98. The number of thioether (sulfide) groups is 1. The van der Waals surface area contributed by atoms with E-state index in [0.717, 1.165) is 21.8 Å². The van der Waals surface area contributed by atoms with Gasteiger partial charge in [-0.25, -0.2) is 0 Å². The number of fused-ring (bicyclic) bond motifs is 1. The summed E-state index contributed by atoms with van der Waals surface area (Å²) < 4.78 is 4.94. The number of esters is 1. The first-order chi connectivity index (χ1) is 12.7. The Kier molecular flexibility index (Phi) is 5.36. The number of likely N-dealkylation sites (tertiary alicyclic amines) is 1. The maximum atomic E-state index is 12.7. The minimum atomic E-state index is -1.23. The maximum Gasteiger partial charge on any atom is 0.326 e. The van der Waals surface area contributed by atoms with Crippen molar-refractivity contribution in [1.82, 2.24) is 10.2 Å². The molecular weight excluding hydrogens is 364 g/mol. The summed E-state index contributed by atoms with van der Waals surface area (Å²) in [6, 6.07) is 7.59. The second-order valence-corrected chi connectivity index (χ2v) is 8.97. The highest BCUT2D eigenvalue weighted by Crippen LogP contribution is 2.48. The molecule has 0 spiro atoms. The molecule has 0 aliphatic carbocycles. The lowest BCUT2D eigenvalue weighted by molar-refractivity contribution is -0.152. The zero-order chi connectivity index (χ0) is 19.9. The van der Waals surface area contributed by atoms with Gasteiger partial charge >= 0.3 is 5.97 Å². The fourth-order valence-electron chi connectivity index (χ4n) is 4.04. The molecule has 2 fully saturated rings. The molecule has 6 nitrogen and oxygen atoms in total. The smallest absolute Gasteiger partial charge is 0.326 e. The molecule has 2 aliphatic rings. The first-order valence-electron chi connectivity index (χ1n) is 9.18. The predicted octanol–water partition coefficient (Wildman–Crippen LogP) is 2.38. The molecule has 2 heterocycles. The number of hydrogen-bond donors (Lipinski definition) is 1. The van der Waals surface area contributed by atoms with E-state index >= 15 is 0 Å². The molecule has 4 unspecified atom stereocenters. The second-order valence-electron chi connectivity index (χ2n) is 7.46. The van der Waals surface area contributed by atoms with E-state index in [1.165, 1.54) is 14.2 Å². The Hall–Kier alpha value is -1.86. The summed E-state index contributed by atoms with van der Waals surface area (Å²) in [6.07, 6.45) is 1.08. The topological polar surface area (TPSA) is 75.7 Å². The van der Waals surface area contributed by atoms with E-state index in [1.807, 2.05) is 24.3 Å². The number of imide groups is 1. The number of nitrogens with zero attached hydrogens (tertiary/aromatic N) is 1. The number of ether oxygens (including phenoxy) is 1. The van der Waals surface area contributed by atoms with E-state index in [4.69, 9.17) is 4.74 Å². The molecule has 0 radical (unpaired) electrons. The Bertz CT molecular complexity index is 766. The van der Waals surface area contributed by atoms with Crippen molar-refractivity contribution in [2.24, 2.45) is 11.8 Å². The van der Waals surface area contributed by atoms with Crippen LogP contribution in [0.15, 0.2) is 29.2 Å². The van der Waals surface area contributed by atoms with E-state index in [-0.39, 0.29) is 11.8 Å². The van der Waals surface area contributed by atoms with Gasteiger partial charge in [-0.15, -0.1) is 11.8 Å². The number of benzene rings is 1. The van der Waals surface area contributed by atoms with Crippen LogP contribution in [0.25, 0.3) is 0 Å². The van der Waals surface area contributed by atoms with Crippen LogP contribution in [0.3, 0.4) is 0 Å². The van der Waals surface area contributed by atoms with Crippen molar-refractivity contribution in [2.45, 2.75) is 48.9 Å². The molecule has 2 amide bonds. The van der Waals surface area contributed by atoms with Crippen molar-refractivity contribution < 1.29 is 19.1 Å². The molecule has 1 aromatic carbocycles. The lowest BCUT2D eigenvalue weighted by atomic mass is 9.80. The molecule has 5 atom stereocenters. The van der Waals surface area contributed by atoms with Crippen LogP contribution < -0.4 is 5.32 Å². The summed E-state index contributed by atoms with van der Waals surface area (Å²) in [5.74, 6) is -2.49. The first kappa shape index (κ1) is 19.9. The highest BCUT2D eigenvalue weighted by Gasteiger charge is 2.66. The number of carbonyl (C=O) groups is 3. The Labute approximate surface area is 164 Å².